The first kappa shape index (κ1) is 14.7. The molecule has 1 rings (SSSR count). The van der Waals surface area contributed by atoms with E-state index in [-0.39, 0.29) is 0 Å². The van der Waals surface area contributed by atoms with Crippen LogP contribution in [0.5, 0.6) is 0 Å². The zero-order valence-corrected chi connectivity index (χ0v) is 12.2. The molecule has 0 unspecified atom stereocenters. The molecule has 0 heterocycles. The topological polar surface area (TPSA) is 24.1 Å². The van der Waals surface area contributed by atoms with Gasteiger partial charge in [0.1, 0.15) is 0 Å². The monoisotopic (exact) mass is 262 g/mol. The van der Waals surface area contributed by atoms with Crippen molar-refractivity contribution in [2.24, 2.45) is 0 Å². The second kappa shape index (κ2) is 7.17. The van der Waals surface area contributed by atoms with Crippen molar-refractivity contribution in [3.63, 3.8) is 0 Å². The minimum absolute atomic E-state index is 0.526. The molecule has 0 amide bonds. The first-order chi connectivity index (χ1) is 8.54. The number of rotatable bonds is 5. The van der Waals surface area contributed by atoms with Crippen molar-refractivity contribution in [1.29, 1.82) is 0 Å². The van der Waals surface area contributed by atoms with Crippen LogP contribution in [-0.2, 0) is 0 Å². The number of hydrogen-bond donors (Lipinski definition) is 2. The van der Waals surface area contributed by atoms with Crippen LogP contribution >= 0.6 is 12.2 Å². The van der Waals surface area contributed by atoms with Gasteiger partial charge in [-0.2, -0.15) is 0 Å². The van der Waals surface area contributed by atoms with Crippen molar-refractivity contribution in [3.05, 3.63) is 42.0 Å². The van der Waals surface area contributed by atoms with Crippen LogP contribution in [0.15, 0.2) is 36.4 Å². The predicted octanol–water partition coefficient (Wildman–Crippen LogP) is 4.06. The summed E-state index contributed by atoms with van der Waals surface area (Å²) in [5.74, 6) is 0.526. The minimum atomic E-state index is 0.526. The third-order valence-electron chi connectivity index (χ3n) is 2.90. The van der Waals surface area contributed by atoms with Crippen molar-refractivity contribution in [2.45, 2.75) is 33.1 Å². The Labute approximate surface area is 115 Å². The number of nitrogens with one attached hydrogen (secondary N) is 2. The van der Waals surface area contributed by atoms with E-state index in [0.717, 1.165) is 17.7 Å². The molecule has 18 heavy (non-hydrogen) atoms. The molecule has 1 aromatic rings. The Balaban J connectivity index is 2.72. The van der Waals surface area contributed by atoms with Crippen LogP contribution in [0.2, 0.25) is 0 Å². The Morgan fingerprint density at radius 3 is 2.67 bits per heavy atom. The zero-order chi connectivity index (χ0) is 13.5. The van der Waals surface area contributed by atoms with E-state index in [2.05, 4.69) is 49.3 Å². The highest BCUT2D eigenvalue weighted by Crippen LogP contribution is 2.26. The van der Waals surface area contributed by atoms with Crippen LogP contribution in [0.1, 0.15) is 38.7 Å². The second-order valence-corrected chi connectivity index (χ2v) is 5.07. The normalized spacial score (nSPS) is 11.7. The summed E-state index contributed by atoms with van der Waals surface area (Å²) in [6.07, 6.45) is 1.12. The molecule has 0 aromatic heterocycles. The van der Waals surface area contributed by atoms with Crippen molar-refractivity contribution < 1.29 is 0 Å². The van der Waals surface area contributed by atoms with Gasteiger partial charge in [0.05, 0.1) is 0 Å². The zero-order valence-electron chi connectivity index (χ0n) is 11.4. The van der Waals surface area contributed by atoms with E-state index < -0.39 is 0 Å². The van der Waals surface area contributed by atoms with Crippen molar-refractivity contribution in [3.8, 4) is 0 Å². The summed E-state index contributed by atoms with van der Waals surface area (Å²) in [7, 11) is 0. The standard InChI is InChI=1S/C15H22N2S/c1-5-12(4)13-8-6-7-9-14(13)17-15(18)16-10-11(2)3/h6-9,12H,2,5,10H2,1,3-4H3,(H2,16,17,18)/t12-/m1/s1. The quantitative estimate of drug-likeness (QED) is 0.618. The Bertz CT molecular complexity index is 426. The van der Waals surface area contributed by atoms with Crippen LogP contribution < -0.4 is 10.6 Å². The first-order valence-electron chi connectivity index (χ1n) is 6.32. The Morgan fingerprint density at radius 1 is 1.39 bits per heavy atom. The third-order valence-corrected chi connectivity index (χ3v) is 3.15. The van der Waals surface area contributed by atoms with Crippen LogP contribution in [0.4, 0.5) is 5.69 Å². The van der Waals surface area contributed by atoms with Crippen LogP contribution in [0.25, 0.3) is 0 Å². The maximum atomic E-state index is 5.27. The molecule has 0 spiro atoms. The molecule has 0 saturated carbocycles. The summed E-state index contributed by atoms with van der Waals surface area (Å²) in [6, 6.07) is 8.31. The molecule has 1 atom stereocenters. The molecule has 2 nitrogen and oxygen atoms in total. The van der Waals surface area contributed by atoms with Gasteiger partial charge >= 0.3 is 0 Å². The molecular weight excluding hydrogens is 240 g/mol. The highest BCUT2D eigenvalue weighted by atomic mass is 32.1. The first-order valence-corrected chi connectivity index (χ1v) is 6.73. The lowest BCUT2D eigenvalue weighted by atomic mass is 9.97. The molecule has 0 bridgehead atoms. The summed E-state index contributed by atoms with van der Waals surface area (Å²) in [4.78, 5) is 0. The Kier molecular flexibility index (Phi) is 5.86. The molecule has 0 aliphatic rings. The highest BCUT2D eigenvalue weighted by Gasteiger charge is 2.09. The van der Waals surface area contributed by atoms with E-state index in [1.807, 2.05) is 13.0 Å². The van der Waals surface area contributed by atoms with Crippen LogP contribution in [0.3, 0.4) is 0 Å². The van der Waals surface area contributed by atoms with Crippen molar-refractivity contribution in [2.75, 3.05) is 11.9 Å². The number of thiocarbonyl (C=S) groups is 1. The van der Waals surface area contributed by atoms with Gasteiger partial charge in [-0.25, -0.2) is 0 Å². The van der Waals surface area contributed by atoms with E-state index in [1.54, 1.807) is 0 Å². The molecule has 0 aliphatic carbocycles. The van der Waals surface area contributed by atoms with Crippen LogP contribution in [0, 0.1) is 0 Å². The van der Waals surface area contributed by atoms with Gasteiger partial charge < -0.3 is 10.6 Å². The van der Waals surface area contributed by atoms with Gasteiger partial charge in [0.25, 0.3) is 0 Å². The third kappa shape index (κ3) is 4.49. The lowest BCUT2D eigenvalue weighted by molar-refractivity contribution is 0.735. The number of anilines is 1. The molecule has 0 radical (unpaired) electrons. The van der Waals surface area contributed by atoms with Crippen molar-refractivity contribution >= 4 is 23.0 Å². The summed E-state index contributed by atoms with van der Waals surface area (Å²) in [5, 5.41) is 7.04. The Morgan fingerprint density at radius 2 is 2.06 bits per heavy atom. The lowest BCUT2D eigenvalue weighted by Crippen LogP contribution is -2.30. The SMILES string of the molecule is C=C(C)CNC(=S)Nc1ccccc1[C@H](C)CC. The van der Waals surface area contributed by atoms with Gasteiger partial charge in [0, 0.05) is 12.2 Å². The number of para-hydroxylation sites is 1. The fourth-order valence-electron chi connectivity index (χ4n) is 1.66. The average Bonchev–Trinajstić information content (AvgIpc) is 2.36. The fraction of sp³-hybridized carbons (Fsp3) is 0.400. The number of hydrogen-bond acceptors (Lipinski definition) is 1. The average molecular weight is 262 g/mol. The van der Waals surface area contributed by atoms with Gasteiger partial charge in [-0.05, 0) is 43.1 Å². The van der Waals surface area contributed by atoms with Gasteiger partial charge in [-0.15, -0.1) is 0 Å². The summed E-state index contributed by atoms with van der Waals surface area (Å²) >= 11 is 5.27. The van der Waals surface area contributed by atoms with Gasteiger partial charge in [-0.3, -0.25) is 0 Å². The summed E-state index contributed by atoms with van der Waals surface area (Å²) in [5.41, 5.74) is 3.46. The molecule has 1 aromatic carbocycles. The molecule has 98 valence electrons. The molecule has 0 aliphatic heterocycles. The maximum absolute atomic E-state index is 5.27. The van der Waals surface area contributed by atoms with Gasteiger partial charge in [0.2, 0.25) is 0 Å². The Hall–Kier alpha value is -1.35. The molecule has 3 heteroatoms. The van der Waals surface area contributed by atoms with E-state index in [4.69, 9.17) is 12.2 Å². The largest absolute Gasteiger partial charge is 0.359 e. The highest BCUT2D eigenvalue weighted by molar-refractivity contribution is 7.80. The maximum Gasteiger partial charge on any atom is 0.171 e. The molecule has 0 saturated heterocycles. The smallest absolute Gasteiger partial charge is 0.171 e. The molecular formula is C15H22N2S. The van der Waals surface area contributed by atoms with Crippen molar-refractivity contribution in [1.82, 2.24) is 5.32 Å². The van der Waals surface area contributed by atoms with E-state index in [9.17, 15) is 0 Å². The van der Waals surface area contributed by atoms with Gasteiger partial charge in [-0.1, -0.05) is 44.2 Å². The fourth-order valence-corrected chi connectivity index (χ4v) is 1.84. The predicted molar refractivity (Wildman–Crippen MR) is 84.2 cm³/mol. The lowest BCUT2D eigenvalue weighted by Gasteiger charge is -2.17. The minimum Gasteiger partial charge on any atom is -0.359 e. The molecule has 2 N–H and O–H groups in total. The molecule has 0 fully saturated rings. The van der Waals surface area contributed by atoms with Gasteiger partial charge in [0.15, 0.2) is 5.11 Å². The second-order valence-electron chi connectivity index (χ2n) is 4.66. The summed E-state index contributed by atoms with van der Waals surface area (Å²) < 4.78 is 0. The van der Waals surface area contributed by atoms with E-state index >= 15 is 0 Å². The summed E-state index contributed by atoms with van der Waals surface area (Å²) in [6.45, 7) is 10.9. The van der Waals surface area contributed by atoms with Crippen LogP contribution in [-0.4, -0.2) is 11.7 Å². The number of benzene rings is 1. The van der Waals surface area contributed by atoms with E-state index in [1.165, 1.54) is 5.56 Å². The van der Waals surface area contributed by atoms with E-state index in [0.29, 0.717) is 17.6 Å².